The molecule has 0 unspecified atom stereocenters. The van der Waals surface area contributed by atoms with Gasteiger partial charge in [-0.25, -0.2) is 4.52 Å². The summed E-state index contributed by atoms with van der Waals surface area (Å²) in [7, 11) is -2.23. The molecule has 3 aromatic rings. The van der Waals surface area contributed by atoms with E-state index in [0.717, 1.165) is 21.1 Å². The molecular weight excluding hydrogens is 312 g/mol. The predicted molar refractivity (Wildman–Crippen MR) is 88.9 cm³/mol. The van der Waals surface area contributed by atoms with Gasteiger partial charge >= 0.3 is 0 Å². The number of hydrogen-bond donors (Lipinski definition) is 0. The smallest absolute Gasteiger partial charge is 0.240 e. The molecule has 0 radical (unpaired) electrons. The second-order valence-corrected chi connectivity index (χ2v) is 7.08. The highest BCUT2D eigenvalue weighted by Gasteiger charge is 2.18. The molecule has 2 heterocycles. The molecule has 0 aliphatic carbocycles. The minimum absolute atomic E-state index is 0.204. The summed E-state index contributed by atoms with van der Waals surface area (Å²) in [6.07, 6.45) is 5.01. The molecule has 0 saturated carbocycles. The van der Waals surface area contributed by atoms with E-state index in [1.165, 1.54) is 13.3 Å². The van der Waals surface area contributed by atoms with Crippen LogP contribution < -0.4 is 0 Å². The number of sulfonamides is 1. The number of fused-ring (bicyclic) bond motifs is 1. The summed E-state index contributed by atoms with van der Waals surface area (Å²) in [5, 5.41) is 8.28. The Morgan fingerprint density at radius 3 is 2.70 bits per heavy atom. The second kappa shape index (κ2) is 5.85. The van der Waals surface area contributed by atoms with Crippen molar-refractivity contribution >= 4 is 21.8 Å². The average Bonchev–Trinajstić information content (AvgIpc) is 2.95. The van der Waals surface area contributed by atoms with Gasteiger partial charge in [-0.3, -0.25) is 0 Å². The Morgan fingerprint density at radius 2 is 1.96 bits per heavy atom. The molecule has 23 heavy (non-hydrogen) atoms. The highest BCUT2D eigenvalue weighted by molar-refractivity contribution is 7.89. The molecular formula is C16H16N4O2S. The number of rotatable bonds is 4. The van der Waals surface area contributed by atoms with Crippen LogP contribution in [0.3, 0.4) is 0 Å². The topological polar surface area (TPSA) is 67.0 Å². The Kier molecular flexibility index (Phi) is 3.87. The van der Waals surface area contributed by atoms with Gasteiger partial charge in [-0.2, -0.15) is 23.0 Å². The van der Waals surface area contributed by atoms with Crippen molar-refractivity contribution in [3.8, 4) is 0 Å². The largest absolute Gasteiger partial charge is 0.278 e. The maximum Gasteiger partial charge on any atom is 0.278 e. The van der Waals surface area contributed by atoms with Crippen LogP contribution >= 0.6 is 0 Å². The molecule has 0 aliphatic heterocycles. The Labute approximate surface area is 134 Å². The molecule has 0 spiro atoms. The first-order valence-corrected chi connectivity index (χ1v) is 8.44. The second-order valence-electron chi connectivity index (χ2n) is 5.13. The molecule has 0 aliphatic rings. The zero-order valence-electron chi connectivity index (χ0n) is 12.8. The first-order chi connectivity index (χ1) is 11.0. The van der Waals surface area contributed by atoms with E-state index in [4.69, 9.17) is 0 Å². The maximum absolute atomic E-state index is 12.4. The van der Waals surface area contributed by atoms with E-state index in [1.807, 2.05) is 25.3 Å². The number of aromatic nitrogens is 2. The summed E-state index contributed by atoms with van der Waals surface area (Å²) >= 11 is 0. The lowest BCUT2D eigenvalue weighted by atomic mass is 10.2. The molecule has 0 amide bonds. The monoisotopic (exact) mass is 328 g/mol. The Balaban J connectivity index is 1.91. The summed E-state index contributed by atoms with van der Waals surface area (Å²) in [5.74, 6) is 0. The van der Waals surface area contributed by atoms with Crippen LogP contribution in [0.5, 0.6) is 0 Å². The Hall–Kier alpha value is -2.67. The lowest BCUT2D eigenvalue weighted by Crippen LogP contribution is -2.21. The number of pyridine rings is 1. The van der Waals surface area contributed by atoms with Crippen LogP contribution in [-0.4, -0.2) is 35.7 Å². The summed E-state index contributed by atoms with van der Waals surface area (Å²) in [6, 6.07) is 12.1. The van der Waals surface area contributed by atoms with Crippen LogP contribution in [0.4, 0.5) is 0 Å². The molecule has 7 heteroatoms. The minimum Gasteiger partial charge on any atom is -0.240 e. The van der Waals surface area contributed by atoms with Crippen LogP contribution in [-0.2, 0) is 10.0 Å². The number of benzene rings is 1. The SMILES string of the molecule is Cc1ccn2ncc(/C=N/N(C)S(=O)(=O)c3ccccc3)c2c1. The third-order valence-electron chi connectivity index (χ3n) is 3.46. The van der Waals surface area contributed by atoms with Crippen LogP contribution in [0.15, 0.2) is 64.9 Å². The van der Waals surface area contributed by atoms with Crippen molar-refractivity contribution in [3.63, 3.8) is 0 Å². The van der Waals surface area contributed by atoms with Gasteiger partial charge in [-0.15, -0.1) is 0 Å². The van der Waals surface area contributed by atoms with Gasteiger partial charge in [0.25, 0.3) is 10.0 Å². The number of hydrogen-bond acceptors (Lipinski definition) is 4. The van der Waals surface area contributed by atoms with Crippen LogP contribution in [0.2, 0.25) is 0 Å². The molecule has 0 saturated heterocycles. The summed E-state index contributed by atoms with van der Waals surface area (Å²) in [4.78, 5) is 0.204. The van der Waals surface area contributed by atoms with E-state index in [-0.39, 0.29) is 4.90 Å². The zero-order chi connectivity index (χ0) is 16.4. The fourth-order valence-electron chi connectivity index (χ4n) is 2.16. The first kappa shape index (κ1) is 15.2. The Bertz CT molecular complexity index is 962. The van der Waals surface area contributed by atoms with Crippen molar-refractivity contribution in [3.05, 3.63) is 66.0 Å². The van der Waals surface area contributed by atoms with E-state index < -0.39 is 10.0 Å². The average molecular weight is 328 g/mol. The quantitative estimate of drug-likeness (QED) is 0.545. The normalized spacial score (nSPS) is 12.1. The van der Waals surface area contributed by atoms with Crippen LogP contribution in [0.1, 0.15) is 11.1 Å². The Morgan fingerprint density at radius 1 is 1.22 bits per heavy atom. The fourth-order valence-corrected chi connectivity index (χ4v) is 3.13. The van der Waals surface area contributed by atoms with Crippen molar-refractivity contribution in [2.24, 2.45) is 5.10 Å². The van der Waals surface area contributed by atoms with E-state index in [1.54, 1.807) is 41.0 Å². The summed E-state index contributed by atoms with van der Waals surface area (Å²) in [6.45, 7) is 1.99. The van der Waals surface area contributed by atoms with E-state index >= 15 is 0 Å². The fraction of sp³-hybridized carbons (Fsp3) is 0.125. The molecule has 1 aromatic carbocycles. The lowest BCUT2D eigenvalue weighted by Gasteiger charge is -2.13. The third kappa shape index (κ3) is 2.95. The van der Waals surface area contributed by atoms with Gasteiger partial charge in [0.05, 0.1) is 22.8 Å². The number of hydrazone groups is 1. The van der Waals surface area contributed by atoms with Crippen molar-refractivity contribution in [2.45, 2.75) is 11.8 Å². The van der Waals surface area contributed by atoms with Gasteiger partial charge in [-0.05, 0) is 36.8 Å². The van der Waals surface area contributed by atoms with Gasteiger partial charge in [0.2, 0.25) is 0 Å². The highest BCUT2D eigenvalue weighted by Crippen LogP contribution is 2.15. The van der Waals surface area contributed by atoms with Gasteiger partial charge in [-0.1, -0.05) is 18.2 Å². The van der Waals surface area contributed by atoms with Gasteiger partial charge in [0.15, 0.2) is 0 Å². The molecule has 0 atom stereocenters. The molecule has 0 fully saturated rings. The van der Waals surface area contributed by atoms with Crippen molar-refractivity contribution in [1.29, 1.82) is 0 Å². The van der Waals surface area contributed by atoms with E-state index in [0.29, 0.717) is 0 Å². The predicted octanol–water partition coefficient (Wildman–Crippen LogP) is 2.30. The van der Waals surface area contributed by atoms with E-state index in [2.05, 4.69) is 10.2 Å². The molecule has 0 bridgehead atoms. The molecule has 2 aromatic heterocycles. The molecule has 3 rings (SSSR count). The number of aryl methyl sites for hydroxylation is 1. The molecule has 0 N–H and O–H groups in total. The molecule has 118 valence electrons. The van der Waals surface area contributed by atoms with Gasteiger partial charge in [0, 0.05) is 18.8 Å². The zero-order valence-corrected chi connectivity index (χ0v) is 13.6. The van der Waals surface area contributed by atoms with Crippen molar-refractivity contribution in [2.75, 3.05) is 7.05 Å². The number of nitrogens with zero attached hydrogens (tertiary/aromatic N) is 4. The van der Waals surface area contributed by atoms with Gasteiger partial charge < -0.3 is 0 Å². The molecule has 6 nitrogen and oxygen atoms in total. The standard InChI is InChI=1S/C16H16N4O2S/c1-13-8-9-20-16(10-13)14(12-18-20)11-17-19(2)23(21,22)15-6-4-3-5-7-15/h3-12H,1-2H3/b17-11+. The van der Waals surface area contributed by atoms with Crippen molar-refractivity contribution < 1.29 is 8.42 Å². The maximum atomic E-state index is 12.4. The summed E-state index contributed by atoms with van der Waals surface area (Å²) < 4.78 is 27.5. The van der Waals surface area contributed by atoms with Crippen molar-refractivity contribution in [1.82, 2.24) is 14.0 Å². The van der Waals surface area contributed by atoms with Gasteiger partial charge in [0.1, 0.15) is 0 Å². The summed E-state index contributed by atoms with van der Waals surface area (Å²) in [5.41, 5.74) is 2.72. The third-order valence-corrected chi connectivity index (χ3v) is 5.11. The van der Waals surface area contributed by atoms with Crippen LogP contribution in [0.25, 0.3) is 5.52 Å². The first-order valence-electron chi connectivity index (χ1n) is 7.00. The van der Waals surface area contributed by atoms with E-state index in [9.17, 15) is 8.42 Å². The lowest BCUT2D eigenvalue weighted by molar-refractivity contribution is 0.491. The van der Waals surface area contributed by atoms with Crippen LogP contribution in [0, 0.1) is 6.92 Å². The minimum atomic E-state index is -3.65. The highest BCUT2D eigenvalue weighted by atomic mass is 32.2.